The summed E-state index contributed by atoms with van der Waals surface area (Å²) in [6.45, 7) is 22.7. The van der Waals surface area contributed by atoms with Crippen LogP contribution in [0.1, 0.15) is 26.7 Å². The molecule has 0 N–H and O–H groups in total. The van der Waals surface area contributed by atoms with Gasteiger partial charge >= 0.3 is 0 Å². The van der Waals surface area contributed by atoms with Crippen molar-refractivity contribution in [1.29, 1.82) is 0 Å². The van der Waals surface area contributed by atoms with Gasteiger partial charge in [0.15, 0.2) is 5.69 Å². The van der Waals surface area contributed by atoms with Gasteiger partial charge in [0.05, 0.1) is 13.1 Å². The largest absolute Gasteiger partial charge is 0.369 e. The molecule has 2 aliphatic heterocycles. The predicted octanol–water partition coefficient (Wildman–Crippen LogP) is 5.76. The number of nitrogens with zero attached hydrogens (tertiary/aromatic N) is 4. The summed E-state index contributed by atoms with van der Waals surface area (Å²) >= 11 is 4.24. The molecule has 27 heavy (non-hydrogen) atoms. The van der Waals surface area contributed by atoms with Gasteiger partial charge in [-0.1, -0.05) is 39.0 Å². The fraction of sp³-hybridized carbons (Fsp3) is 0.571. The van der Waals surface area contributed by atoms with Gasteiger partial charge in [-0.2, -0.15) is 0 Å². The predicted molar refractivity (Wildman–Crippen MR) is 133 cm³/mol. The van der Waals surface area contributed by atoms with Gasteiger partial charge in [0.25, 0.3) is 0 Å². The fourth-order valence-electron chi connectivity index (χ4n) is 4.35. The average molecular weight is 592 g/mol. The normalized spacial score (nSPS) is 23.4. The summed E-state index contributed by atoms with van der Waals surface area (Å²) in [6.07, 6.45) is 2.49. The topological polar surface area (TPSA) is 14.1 Å². The van der Waals surface area contributed by atoms with E-state index in [1.54, 1.807) is 0 Å². The van der Waals surface area contributed by atoms with Gasteiger partial charge in [0, 0.05) is 80.8 Å². The van der Waals surface area contributed by atoms with Crippen molar-refractivity contribution >= 4 is 48.6 Å². The Bertz CT molecular complexity index is 658. The summed E-state index contributed by atoms with van der Waals surface area (Å²) in [6, 6.07) is 8.58. The van der Waals surface area contributed by atoms with Crippen LogP contribution < -0.4 is 4.90 Å². The first-order valence-corrected chi connectivity index (χ1v) is 16.0. The highest BCUT2D eigenvalue weighted by atomic mass is 128. The van der Waals surface area contributed by atoms with Crippen molar-refractivity contribution in [1.82, 2.24) is 9.80 Å². The summed E-state index contributed by atoms with van der Waals surface area (Å²) < 4.78 is 0. The number of benzene rings is 1. The quantitative estimate of drug-likeness (QED) is 0.326. The van der Waals surface area contributed by atoms with Crippen LogP contribution in [-0.4, -0.2) is 55.1 Å². The zero-order valence-corrected chi connectivity index (χ0v) is 20.7. The molecule has 2 fully saturated rings. The average Bonchev–Trinajstić information content (AvgIpc) is 2.74. The second kappa shape index (κ2) is 11.5. The summed E-state index contributed by atoms with van der Waals surface area (Å²) in [5.41, 5.74) is 3.08. The van der Waals surface area contributed by atoms with E-state index >= 15 is 0 Å². The third-order valence-corrected chi connectivity index (χ3v) is 5.86. The van der Waals surface area contributed by atoms with E-state index < -0.39 is 0 Å². The maximum Gasteiger partial charge on any atom is 0.189 e. The maximum absolute atomic E-state index is 7.21. The Labute approximate surface area is 188 Å². The van der Waals surface area contributed by atoms with Crippen molar-refractivity contribution in [2.24, 2.45) is 5.92 Å². The number of piperazine rings is 1. The van der Waals surface area contributed by atoms with Crippen LogP contribution in [-0.2, 0) is 0 Å². The third kappa shape index (κ3) is 5.73. The minimum absolute atomic E-state index is 0.636. The molecule has 0 amide bonds. The molecule has 0 bridgehead atoms. The lowest BCUT2D eigenvalue weighted by molar-refractivity contribution is 0.0727. The molecule has 2 saturated heterocycles. The second-order valence-corrected chi connectivity index (χ2v) is 7.23. The molecule has 6 heteroatoms. The van der Waals surface area contributed by atoms with Crippen LogP contribution in [0, 0.1) is 12.5 Å². The Morgan fingerprint density at radius 3 is 2.63 bits per heavy atom. The third-order valence-electron chi connectivity index (χ3n) is 5.86. The molecule has 0 spiro atoms. The zero-order chi connectivity index (χ0) is 19.8. The van der Waals surface area contributed by atoms with E-state index in [1.165, 1.54) is 31.6 Å². The highest BCUT2D eigenvalue weighted by Crippen LogP contribution is 2.31. The lowest BCUT2D eigenvalue weighted by Gasteiger charge is -2.49. The Morgan fingerprint density at radius 2 is 2.00 bits per heavy atom. The highest BCUT2D eigenvalue weighted by molar-refractivity contribution is 15.0. The number of hydrogen-bond acceptors (Lipinski definition) is 3. The molecule has 1 aromatic rings. The van der Waals surface area contributed by atoms with Gasteiger partial charge in [0.1, 0.15) is 0 Å². The van der Waals surface area contributed by atoms with Gasteiger partial charge < -0.3 is 14.7 Å². The smallest absolute Gasteiger partial charge is 0.189 e. The van der Waals surface area contributed by atoms with Gasteiger partial charge in [-0.05, 0) is 31.0 Å². The molecule has 0 aliphatic carbocycles. The van der Waals surface area contributed by atoms with Crippen LogP contribution in [0.4, 0.5) is 11.4 Å². The fourth-order valence-corrected chi connectivity index (χ4v) is 4.35. The summed E-state index contributed by atoms with van der Waals surface area (Å²) in [4.78, 5) is 11.1. The van der Waals surface area contributed by atoms with Crippen LogP contribution >= 0.6 is 37.2 Å². The monoisotopic (exact) mass is 592 g/mol. The van der Waals surface area contributed by atoms with Gasteiger partial charge in [-0.25, -0.2) is 4.85 Å². The zero-order valence-electron chi connectivity index (χ0n) is 16.4. The molecule has 148 valence electrons. The molecule has 3 rings (SSSR count). The van der Waals surface area contributed by atoms with Gasteiger partial charge in [0.2, 0.25) is 0 Å². The molecule has 2 aliphatic rings. The number of piperidine rings is 1. The van der Waals surface area contributed by atoms with E-state index in [0.717, 1.165) is 37.8 Å². The molecular weight excluding hydrogens is 562 g/mol. The molecule has 2 unspecified atom stereocenters. The minimum atomic E-state index is 0.636. The first kappa shape index (κ1) is 22.8. The second-order valence-electron chi connectivity index (χ2n) is 7.23. The first-order chi connectivity index (χ1) is 13.2. The Kier molecular flexibility index (Phi) is 9.66. The number of hydrogen-bond donors (Lipinski definition) is 0. The van der Waals surface area contributed by atoms with Crippen LogP contribution in [0.2, 0.25) is 0 Å². The van der Waals surface area contributed by atoms with Gasteiger partial charge in [-0.15, -0.1) is 0 Å². The number of likely N-dealkylation sites (tertiary alicyclic amines) is 1. The summed E-state index contributed by atoms with van der Waals surface area (Å²) in [5.74, 6) is 0.738. The molecule has 0 aromatic heterocycles. The Morgan fingerprint density at radius 1 is 1.22 bits per heavy atom. The SMILES string of the molecule is II.[C-]#[N+]c1cccc(N2CCN(C3CCN(CC)CC3CC)C(=C)C2)c1. The molecule has 4 nitrogen and oxygen atoms in total. The van der Waals surface area contributed by atoms with Crippen LogP contribution in [0.5, 0.6) is 0 Å². The molecule has 0 radical (unpaired) electrons. The van der Waals surface area contributed by atoms with E-state index in [0.29, 0.717) is 11.7 Å². The lowest BCUT2D eigenvalue weighted by Crippen LogP contribution is -2.55. The number of halogens is 2. The summed E-state index contributed by atoms with van der Waals surface area (Å²) in [5, 5.41) is 0. The molecule has 2 atom stereocenters. The number of anilines is 1. The Hall–Kier alpha value is -0.530. The lowest BCUT2D eigenvalue weighted by atomic mass is 9.88. The van der Waals surface area contributed by atoms with Crippen molar-refractivity contribution in [2.45, 2.75) is 32.7 Å². The van der Waals surface area contributed by atoms with Crippen molar-refractivity contribution in [3.8, 4) is 0 Å². The van der Waals surface area contributed by atoms with Gasteiger partial charge in [-0.3, -0.25) is 0 Å². The Balaban J connectivity index is 0.00000126. The molecular formula is C21H30I2N4. The van der Waals surface area contributed by atoms with Crippen LogP contribution in [0.15, 0.2) is 36.5 Å². The van der Waals surface area contributed by atoms with Crippen molar-refractivity contribution < 1.29 is 0 Å². The molecule has 1 aromatic carbocycles. The van der Waals surface area contributed by atoms with Crippen LogP contribution in [0.25, 0.3) is 4.85 Å². The van der Waals surface area contributed by atoms with E-state index in [9.17, 15) is 0 Å². The van der Waals surface area contributed by atoms with E-state index in [1.807, 2.05) is 18.2 Å². The van der Waals surface area contributed by atoms with Crippen molar-refractivity contribution in [3.05, 3.63) is 48.0 Å². The van der Waals surface area contributed by atoms with Crippen molar-refractivity contribution in [2.75, 3.05) is 44.2 Å². The molecule has 0 saturated carbocycles. The highest BCUT2D eigenvalue weighted by Gasteiger charge is 2.34. The minimum Gasteiger partial charge on any atom is -0.369 e. The standard InChI is InChI=1S/C21H30N4.I2/c1-5-18-16-23(6-2)11-10-21(18)25-13-12-24(15-17(25)3)20-9-7-8-19(14-20)22-4;1-2/h7-9,14,18,21H,3,5-6,10-13,15-16H2,1-2H3;. The number of rotatable bonds is 4. The maximum atomic E-state index is 7.21. The van der Waals surface area contributed by atoms with E-state index in [4.69, 9.17) is 6.57 Å². The van der Waals surface area contributed by atoms with Crippen molar-refractivity contribution in [3.63, 3.8) is 0 Å². The van der Waals surface area contributed by atoms with E-state index in [-0.39, 0.29) is 0 Å². The van der Waals surface area contributed by atoms with Crippen LogP contribution in [0.3, 0.4) is 0 Å². The first-order valence-electron chi connectivity index (χ1n) is 9.69. The summed E-state index contributed by atoms with van der Waals surface area (Å²) in [7, 11) is 0. The van der Waals surface area contributed by atoms with E-state index in [2.05, 4.69) is 83.3 Å². The molecule has 2 heterocycles.